The molecule has 0 fully saturated rings. The molecule has 0 saturated carbocycles. The first-order valence-corrected chi connectivity index (χ1v) is 8.10. The Bertz CT molecular complexity index is 722. The van der Waals surface area contributed by atoms with Crippen molar-refractivity contribution in [2.75, 3.05) is 6.54 Å². The number of rotatable bonds is 5. The topological polar surface area (TPSA) is 150 Å². The summed E-state index contributed by atoms with van der Waals surface area (Å²) in [4.78, 5) is 43.2. The Labute approximate surface area is 150 Å². The fraction of sp³-hybridized carbons (Fsp3) is 0.500. The Morgan fingerprint density at radius 1 is 1.46 bits per heavy atom. The third-order valence-electron chi connectivity index (χ3n) is 3.48. The second kappa shape index (κ2) is 7.16. The molecule has 142 valence electrons. The Morgan fingerprint density at radius 3 is 2.73 bits per heavy atom. The Hall–Kier alpha value is -2.88. The lowest BCUT2D eigenvalue weighted by Crippen LogP contribution is -2.49. The maximum atomic E-state index is 12.4. The average Bonchev–Trinajstić information content (AvgIpc) is 3.10. The van der Waals surface area contributed by atoms with Gasteiger partial charge in [0.05, 0.1) is 0 Å². The fourth-order valence-corrected chi connectivity index (χ4v) is 2.32. The van der Waals surface area contributed by atoms with Crippen molar-refractivity contribution in [3.05, 3.63) is 24.0 Å². The van der Waals surface area contributed by atoms with Crippen molar-refractivity contribution < 1.29 is 24.2 Å². The van der Waals surface area contributed by atoms with Crippen LogP contribution in [0.3, 0.4) is 0 Å². The van der Waals surface area contributed by atoms with Crippen LogP contribution in [0.5, 0.6) is 0 Å². The van der Waals surface area contributed by atoms with E-state index in [1.54, 1.807) is 39.1 Å². The van der Waals surface area contributed by atoms with Crippen LogP contribution in [0.4, 0.5) is 4.79 Å². The molecule has 10 heteroatoms. The van der Waals surface area contributed by atoms with Gasteiger partial charge in [-0.3, -0.25) is 9.59 Å². The number of ether oxygens (including phenoxy) is 1. The molecule has 1 aliphatic heterocycles. The number of nitrogens with two attached hydrogens (primary N) is 1. The summed E-state index contributed by atoms with van der Waals surface area (Å²) in [5.74, 6) is -1.71. The smallest absolute Gasteiger partial charge is 0.424 e. The molecule has 0 bridgehead atoms. The highest BCUT2D eigenvalue weighted by atomic mass is 16.6. The number of carbonyl (C=O) groups excluding carboxylic acids is 3. The summed E-state index contributed by atoms with van der Waals surface area (Å²) in [6.07, 6.45) is 0.752. The second-order valence-electron chi connectivity index (χ2n) is 6.85. The third-order valence-corrected chi connectivity index (χ3v) is 3.48. The molecule has 3 amide bonds. The van der Waals surface area contributed by atoms with Crippen molar-refractivity contribution in [3.8, 4) is 0 Å². The predicted molar refractivity (Wildman–Crippen MR) is 92.0 cm³/mol. The third kappa shape index (κ3) is 4.39. The van der Waals surface area contributed by atoms with Crippen molar-refractivity contribution in [3.63, 3.8) is 0 Å². The first-order chi connectivity index (χ1) is 12.0. The summed E-state index contributed by atoms with van der Waals surface area (Å²) in [5.41, 5.74) is 3.02. The maximum Gasteiger partial charge on any atom is 0.424 e. The van der Waals surface area contributed by atoms with E-state index in [1.807, 2.05) is 0 Å². The molecule has 2 rings (SSSR count). The van der Waals surface area contributed by atoms with Gasteiger partial charge in [-0.15, -0.1) is 0 Å². The highest BCUT2D eigenvalue weighted by Gasteiger charge is 2.49. The van der Waals surface area contributed by atoms with Crippen molar-refractivity contribution >= 4 is 23.9 Å². The number of aromatic nitrogens is 1. The van der Waals surface area contributed by atoms with Crippen molar-refractivity contribution in [1.29, 1.82) is 0 Å². The number of aliphatic hydroxyl groups is 1. The summed E-state index contributed by atoms with van der Waals surface area (Å²) in [7, 11) is 0. The van der Waals surface area contributed by atoms with Crippen LogP contribution in [0.2, 0.25) is 0 Å². The van der Waals surface area contributed by atoms with Crippen LogP contribution >= 0.6 is 0 Å². The summed E-state index contributed by atoms with van der Waals surface area (Å²) in [6.45, 7) is 5.11. The molecule has 1 aromatic heterocycles. The molecular formula is C16H23N5O5. The largest absolute Gasteiger partial charge is 0.443 e. The molecular weight excluding hydrogens is 342 g/mol. The van der Waals surface area contributed by atoms with Crippen molar-refractivity contribution in [2.24, 2.45) is 10.7 Å². The molecule has 0 radical (unpaired) electrons. The van der Waals surface area contributed by atoms with Gasteiger partial charge in [-0.25, -0.2) is 9.79 Å². The van der Waals surface area contributed by atoms with E-state index >= 15 is 0 Å². The summed E-state index contributed by atoms with van der Waals surface area (Å²) in [6, 6.07) is 3.31. The quantitative estimate of drug-likeness (QED) is 0.551. The van der Waals surface area contributed by atoms with Gasteiger partial charge >= 0.3 is 6.09 Å². The minimum absolute atomic E-state index is 0.114. The number of hydrogen-bond acceptors (Lipinski definition) is 7. The van der Waals surface area contributed by atoms with E-state index < -0.39 is 29.3 Å². The molecule has 26 heavy (non-hydrogen) atoms. The number of hydrogen-bond donors (Lipinski definition) is 4. The van der Waals surface area contributed by atoms with Crippen LogP contribution < -0.4 is 11.1 Å². The molecule has 0 spiro atoms. The molecule has 2 heterocycles. The summed E-state index contributed by atoms with van der Waals surface area (Å²) in [5, 5.41) is 13.1. The van der Waals surface area contributed by atoms with Gasteiger partial charge in [0.1, 0.15) is 11.3 Å². The number of guanidine groups is 1. The molecule has 1 aromatic rings. The lowest BCUT2D eigenvalue weighted by molar-refractivity contribution is -0.143. The SMILES string of the molecule is CC(C)(C)OC(=O)N1C(=O)C(O)(CCCNC(=O)c2ccc[nH]2)N=C1N. The van der Waals surface area contributed by atoms with Crippen LogP contribution in [-0.2, 0) is 9.53 Å². The molecule has 1 atom stereocenters. The normalized spacial score (nSPS) is 20.1. The lowest BCUT2D eigenvalue weighted by Gasteiger charge is -2.24. The number of aliphatic imine (C=N–C) groups is 1. The zero-order valence-electron chi connectivity index (χ0n) is 14.9. The predicted octanol–water partition coefficient (Wildman–Crippen LogP) is 0.305. The zero-order valence-corrected chi connectivity index (χ0v) is 14.9. The monoisotopic (exact) mass is 365 g/mol. The van der Waals surface area contributed by atoms with Gasteiger partial charge in [-0.2, -0.15) is 4.90 Å². The standard InChI is InChI=1S/C16H23N5O5/c1-15(2,3)26-14(24)21-12(23)16(25,20-13(21)17)7-5-9-19-11(22)10-6-4-8-18-10/h4,6,8,18,25H,5,7,9H2,1-3H3,(H2,17,20)(H,19,22). The van der Waals surface area contributed by atoms with Gasteiger partial charge in [0.15, 0.2) is 0 Å². The Balaban J connectivity index is 1.90. The average molecular weight is 365 g/mol. The van der Waals surface area contributed by atoms with Gasteiger partial charge in [-0.05, 0) is 39.3 Å². The van der Waals surface area contributed by atoms with E-state index in [-0.39, 0.29) is 25.3 Å². The van der Waals surface area contributed by atoms with Crippen LogP contribution in [0, 0.1) is 0 Å². The van der Waals surface area contributed by atoms with E-state index in [1.165, 1.54) is 0 Å². The minimum atomic E-state index is -2.15. The van der Waals surface area contributed by atoms with E-state index in [0.717, 1.165) is 0 Å². The molecule has 1 unspecified atom stereocenters. The number of carbonyl (C=O) groups is 3. The van der Waals surface area contributed by atoms with Crippen LogP contribution in [-0.4, -0.2) is 56.7 Å². The number of amides is 3. The fourth-order valence-electron chi connectivity index (χ4n) is 2.32. The number of aromatic amines is 1. The lowest BCUT2D eigenvalue weighted by atomic mass is 10.1. The van der Waals surface area contributed by atoms with Crippen LogP contribution in [0.25, 0.3) is 0 Å². The number of nitrogens with zero attached hydrogens (tertiary/aromatic N) is 2. The number of H-pyrrole nitrogens is 1. The van der Waals surface area contributed by atoms with E-state index in [9.17, 15) is 19.5 Å². The first kappa shape index (κ1) is 19.4. The molecule has 0 aliphatic carbocycles. The van der Waals surface area contributed by atoms with Gasteiger partial charge < -0.3 is 25.9 Å². The van der Waals surface area contributed by atoms with Gasteiger partial charge in [0, 0.05) is 19.2 Å². The van der Waals surface area contributed by atoms with Gasteiger partial charge in [0.2, 0.25) is 11.7 Å². The van der Waals surface area contributed by atoms with Gasteiger partial charge in [-0.1, -0.05) is 0 Å². The van der Waals surface area contributed by atoms with Crippen LogP contribution in [0.15, 0.2) is 23.3 Å². The second-order valence-corrected chi connectivity index (χ2v) is 6.85. The molecule has 5 N–H and O–H groups in total. The van der Waals surface area contributed by atoms with Crippen molar-refractivity contribution in [2.45, 2.75) is 44.9 Å². The van der Waals surface area contributed by atoms with E-state index in [0.29, 0.717) is 10.6 Å². The van der Waals surface area contributed by atoms with E-state index in [4.69, 9.17) is 10.5 Å². The summed E-state index contributed by atoms with van der Waals surface area (Å²) >= 11 is 0. The molecule has 0 saturated heterocycles. The highest BCUT2D eigenvalue weighted by Crippen LogP contribution is 2.25. The number of imide groups is 1. The maximum absolute atomic E-state index is 12.4. The van der Waals surface area contributed by atoms with Gasteiger partial charge in [0.25, 0.3) is 11.8 Å². The Morgan fingerprint density at radius 2 is 2.15 bits per heavy atom. The first-order valence-electron chi connectivity index (χ1n) is 8.10. The minimum Gasteiger partial charge on any atom is -0.443 e. The van der Waals surface area contributed by atoms with E-state index in [2.05, 4.69) is 15.3 Å². The zero-order chi connectivity index (χ0) is 19.5. The Kier molecular flexibility index (Phi) is 5.36. The summed E-state index contributed by atoms with van der Waals surface area (Å²) < 4.78 is 5.09. The molecule has 0 aromatic carbocycles. The number of nitrogens with one attached hydrogen (secondary N) is 2. The van der Waals surface area contributed by atoms with Crippen molar-refractivity contribution in [1.82, 2.24) is 15.2 Å². The van der Waals surface area contributed by atoms with Crippen LogP contribution in [0.1, 0.15) is 44.1 Å². The molecule has 1 aliphatic rings. The highest BCUT2D eigenvalue weighted by molar-refractivity contribution is 6.16. The molecule has 10 nitrogen and oxygen atoms in total.